The van der Waals surface area contributed by atoms with E-state index in [2.05, 4.69) is 6.92 Å². The fourth-order valence-electron chi connectivity index (χ4n) is 2.91. The predicted molar refractivity (Wildman–Crippen MR) is 99.8 cm³/mol. The van der Waals surface area contributed by atoms with E-state index in [0.717, 1.165) is 44.5 Å². The van der Waals surface area contributed by atoms with Crippen LogP contribution < -0.4 is 16.2 Å². The van der Waals surface area contributed by atoms with E-state index in [4.69, 9.17) is 30.4 Å². The van der Waals surface area contributed by atoms with Crippen molar-refractivity contribution in [2.75, 3.05) is 44.5 Å². The zero-order valence-corrected chi connectivity index (χ0v) is 15.2. The minimum absolute atomic E-state index is 0.192. The molecule has 1 aliphatic rings. The minimum Gasteiger partial charge on any atom is -0.488 e. The number of anilines is 2. The van der Waals surface area contributed by atoms with Gasteiger partial charge in [-0.05, 0) is 50.3 Å². The van der Waals surface area contributed by atoms with E-state index < -0.39 is 0 Å². The summed E-state index contributed by atoms with van der Waals surface area (Å²) >= 11 is 0. The van der Waals surface area contributed by atoms with Gasteiger partial charge in [-0.2, -0.15) is 0 Å². The van der Waals surface area contributed by atoms with Gasteiger partial charge in [-0.3, -0.25) is 0 Å². The molecule has 6 heteroatoms. The summed E-state index contributed by atoms with van der Waals surface area (Å²) in [6, 6.07) is 5.39. The Morgan fingerprint density at radius 2 is 1.52 bits per heavy atom. The van der Waals surface area contributed by atoms with Gasteiger partial charge >= 0.3 is 0 Å². The van der Waals surface area contributed by atoms with E-state index in [9.17, 15) is 0 Å². The maximum absolute atomic E-state index is 6.00. The number of nitrogens with two attached hydrogens (primary N) is 2. The second-order valence-corrected chi connectivity index (χ2v) is 6.41. The molecule has 0 heterocycles. The lowest BCUT2D eigenvalue weighted by atomic mass is 9.95. The predicted octanol–water partition coefficient (Wildman–Crippen LogP) is 3.00. The third-order valence-electron chi connectivity index (χ3n) is 4.25. The number of ether oxygens (including phenoxy) is 4. The van der Waals surface area contributed by atoms with Crippen LogP contribution in [0.4, 0.5) is 11.4 Å². The van der Waals surface area contributed by atoms with Crippen LogP contribution in [-0.2, 0) is 14.2 Å². The normalized spacial score (nSPS) is 20.5. The lowest BCUT2D eigenvalue weighted by Gasteiger charge is -2.29. The molecule has 2 rings (SSSR count). The van der Waals surface area contributed by atoms with E-state index in [0.29, 0.717) is 43.9 Å². The number of nitrogen functional groups attached to an aromatic ring is 2. The van der Waals surface area contributed by atoms with Crippen LogP contribution in [0.25, 0.3) is 0 Å². The molecule has 142 valence electrons. The number of rotatable bonds is 11. The van der Waals surface area contributed by atoms with Crippen molar-refractivity contribution in [2.24, 2.45) is 0 Å². The van der Waals surface area contributed by atoms with Gasteiger partial charge < -0.3 is 30.4 Å². The highest BCUT2D eigenvalue weighted by Gasteiger charge is 2.23. The first-order valence-corrected chi connectivity index (χ1v) is 9.27. The molecule has 6 nitrogen and oxygen atoms in total. The Hall–Kier alpha value is -1.50. The molecule has 0 unspecified atom stereocenters. The summed E-state index contributed by atoms with van der Waals surface area (Å²) in [4.78, 5) is 0. The summed E-state index contributed by atoms with van der Waals surface area (Å²) < 4.78 is 22.7. The molecule has 4 N–H and O–H groups in total. The summed E-state index contributed by atoms with van der Waals surface area (Å²) in [5, 5.41) is 0. The largest absolute Gasteiger partial charge is 0.488 e. The maximum Gasteiger partial charge on any atom is 0.142 e. The van der Waals surface area contributed by atoms with Crippen molar-refractivity contribution in [3.8, 4) is 5.75 Å². The van der Waals surface area contributed by atoms with Crippen molar-refractivity contribution in [1.29, 1.82) is 0 Å². The van der Waals surface area contributed by atoms with Gasteiger partial charge in [0.05, 0.1) is 44.3 Å². The molecule has 0 bridgehead atoms. The van der Waals surface area contributed by atoms with Crippen molar-refractivity contribution < 1.29 is 18.9 Å². The summed E-state index contributed by atoms with van der Waals surface area (Å²) in [6.45, 7) is 5.44. The molecule has 0 spiro atoms. The summed E-state index contributed by atoms with van der Waals surface area (Å²) in [5.41, 5.74) is 12.9. The number of benzene rings is 1. The smallest absolute Gasteiger partial charge is 0.142 e. The SMILES string of the molecule is CCCOCCOCCOC1CCC(Oc2ccc(N)cc2N)CC1. The highest BCUT2D eigenvalue weighted by atomic mass is 16.5. The first kappa shape index (κ1) is 19.8. The van der Waals surface area contributed by atoms with E-state index in [-0.39, 0.29) is 6.10 Å². The van der Waals surface area contributed by atoms with Crippen LogP contribution >= 0.6 is 0 Å². The molecule has 0 aliphatic heterocycles. The highest BCUT2D eigenvalue weighted by molar-refractivity contribution is 5.60. The fourth-order valence-corrected chi connectivity index (χ4v) is 2.91. The van der Waals surface area contributed by atoms with Crippen molar-refractivity contribution in [3.05, 3.63) is 18.2 Å². The van der Waals surface area contributed by atoms with Crippen LogP contribution in [0.15, 0.2) is 18.2 Å². The van der Waals surface area contributed by atoms with E-state index in [1.54, 1.807) is 6.07 Å². The molecule has 1 aliphatic carbocycles. The molecular formula is C19H32N2O4. The number of hydrogen-bond donors (Lipinski definition) is 2. The third-order valence-corrected chi connectivity index (χ3v) is 4.25. The van der Waals surface area contributed by atoms with E-state index in [1.807, 2.05) is 12.1 Å². The fraction of sp³-hybridized carbons (Fsp3) is 0.684. The van der Waals surface area contributed by atoms with Gasteiger partial charge in [0.1, 0.15) is 5.75 Å². The van der Waals surface area contributed by atoms with Crippen molar-refractivity contribution in [1.82, 2.24) is 0 Å². The average molecular weight is 352 g/mol. The van der Waals surface area contributed by atoms with E-state index >= 15 is 0 Å². The zero-order valence-electron chi connectivity index (χ0n) is 15.2. The molecule has 25 heavy (non-hydrogen) atoms. The summed E-state index contributed by atoms with van der Waals surface area (Å²) in [6.07, 6.45) is 5.47. The van der Waals surface area contributed by atoms with Crippen LogP contribution in [0, 0.1) is 0 Å². The van der Waals surface area contributed by atoms with Crippen molar-refractivity contribution in [3.63, 3.8) is 0 Å². The molecule has 1 aromatic carbocycles. The maximum atomic E-state index is 6.00. The van der Waals surface area contributed by atoms with Gasteiger partial charge in [0.15, 0.2) is 0 Å². The van der Waals surface area contributed by atoms with Gasteiger partial charge in [0.25, 0.3) is 0 Å². The van der Waals surface area contributed by atoms with Crippen LogP contribution in [0.1, 0.15) is 39.0 Å². The van der Waals surface area contributed by atoms with Crippen LogP contribution in [-0.4, -0.2) is 45.2 Å². The van der Waals surface area contributed by atoms with Gasteiger partial charge in [0.2, 0.25) is 0 Å². The monoisotopic (exact) mass is 352 g/mol. The molecule has 1 saturated carbocycles. The standard InChI is InChI=1S/C19H32N2O4/c1-2-9-22-10-11-23-12-13-24-16-4-6-17(7-5-16)25-19-8-3-15(20)14-18(19)21/h3,8,14,16-17H,2,4-7,9-13,20-21H2,1H3. The van der Waals surface area contributed by atoms with Gasteiger partial charge in [-0.15, -0.1) is 0 Å². The van der Waals surface area contributed by atoms with Gasteiger partial charge in [0, 0.05) is 12.3 Å². The zero-order chi connectivity index (χ0) is 17.9. The quantitative estimate of drug-likeness (QED) is 0.470. The topological polar surface area (TPSA) is 89.0 Å². The molecule has 1 fully saturated rings. The molecule has 0 radical (unpaired) electrons. The molecule has 0 saturated heterocycles. The Bertz CT molecular complexity index is 490. The minimum atomic E-state index is 0.192. The lowest BCUT2D eigenvalue weighted by molar-refractivity contribution is -0.0328. The molecular weight excluding hydrogens is 320 g/mol. The average Bonchev–Trinajstić information content (AvgIpc) is 2.61. The first-order valence-electron chi connectivity index (χ1n) is 9.27. The summed E-state index contributed by atoms with van der Waals surface area (Å²) in [7, 11) is 0. The summed E-state index contributed by atoms with van der Waals surface area (Å²) in [5.74, 6) is 0.720. The Labute approximate surface area is 150 Å². The van der Waals surface area contributed by atoms with Crippen LogP contribution in [0.2, 0.25) is 0 Å². The molecule has 0 amide bonds. The molecule has 0 atom stereocenters. The van der Waals surface area contributed by atoms with Crippen molar-refractivity contribution >= 4 is 11.4 Å². The van der Waals surface area contributed by atoms with Crippen LogP contribution in [0.3, 0.4) is 0 Å². The third kappa shape index (κ3) is 7.50. The second-order valence-electron chi connectivity index (χ2n) is 6.41. The van der Waals surface area contributed by atoms with Gasteiger partial charge in [-0.25, -0.2) is 0 Å². The van der Waals surface area contributed by atoms with E-state index in [1.165, 1.54) is 0 Å². The van der Waals surface area contributed by atoms with Gasteiger partial charge in [-0.1, -0.05) is 6.92 Å². The van der Waals surface area contributed by atoms with Crippen molar-refractivity contribution in [2.45, 2.75) is 51.2 Å². The molecule has 0 aromatic heterocycles. The Kier molecular flexibility index (Phi) is 8.86. The Balaban J connectivity index is 1.54. The first-order chi connectivity index (χ1) is 12.2. The number of hydrogen-bond acceptors (Lipinski definition) is 6. The highest BCUT2D eigenvalue weighted by Crippen LogP contribution is 2.29. The lowest BCUT2D eigenvalue weighted by Crippen LogP contribution is -2.29. The molecule has 1 aromatic rings. The Morgan fingerprint density at radius 3 is 2.20 bits per heavy atom. The van der Waals surface area contributed by atoms with Crippen LogP contribution in [0.5, 0.6) is 5.75 Å². The second kappa shape index (κ2) is 11.2. The Morgan fingerprint density at radius 1 is 0.880 bits per heavy atom.